The van der Waals surface area contributed by atoms with Crippen LogP contribution in [0.15, 0.2) is 11.6 Å². The molecule has 2 aromatic heterocycles. The SMILES string of the molecule is CCCNc1nc(C)cc(NCc2scnc2C)n1. The molecule has 0 aliphatic rings. The Balaban J connectivity index is 2.03. The van der Waals surface area contributed by atoms with Crippen LogP contribution in [-0.2, 0) is 6.54 Å². The van der Waals surface area contributed by atoms with E-state index in [2.05, 4.69) is 32.5 Å². The number of thiazole rings is 1. The summed E-state index contributed by atoms with van der Waals surface area (Å²) in [6.07, 6.45) is 1.06. The Morgan fingerprint density at radius 2 is 2.05 bits per heavy atom. The second-order valence-electron chi connectivity index (χ2n) is 4.36. The lowest BCUT2D eigenvalue weighted by Gasteiger charge is -2.09. The highest BCUT2D eigenvalue weighted by atomic mass is 32.1. The van der Waals surface area contributed by atoms with E-state index >= 15 is 0 Å². The molecule has 2 heterocycles. The molecule has 19 heavy (non-hydrogen) atoms. The topological polar surface area (TPSA) is 62.7 Å². The summed E-state index contributed by atoms with van der Waals surface area (Å²) in [5.74, 6) is 1.53. The minimum Gasteiger partial charge on any atom is -0.365 e. The molecule has 0 atom stereocenters. The Morgan fingerprint density at radius 3 is 2.74 bits per heavy atom. The first-order valence-corrected chi connectivity index (χ1v) is 7.29. The van der Waals surface area contributed by atoms with E-state index < -0.39 is 0 Å². The van der Waals surface area contributed by atoms with Gasteiger partial charge in [0.25, 0.3) is 0 Å². The molecule has 6 heteroatoms. The molecule has 102 valence electrons. The number of rotatable bonds is 6. The van der Waals surface area contributed by atoms with Crippen LogP contribution in [0.1, 0.15) is 29.6 Å². The van der Waals surface area contributed by atoms with Gasteiger partial charge < -0.3 is 10.6 Å². The van der Waals surface area contributed by atoms with Gasteiger partial charge in [-0.3, -0.25) is 0 Å². The highest BCUT2D eigenvalue weighted by Crippen LogP contribution is 2.15. The molecule has 0 aliphatic heterocycles. The maximum atomic E-state index is 4.45. The molecule has 0 saturated carbocycles. The smallest absolute Gasteiger partial charge is 0.224 e. The standard InChI is InChI=1S/C13H19N5S/c1-4-5-14-13-17-9(2)6-12(18-13)15-7-11-10(3)16-8-19-11/h6,8H,4-5,7H2,1-3H3,(H2,14,15,17,18). The fourth-order valence-electron chi connectivity index (χ4n) is 1.64. The molecule has 2 N–H and O–H groups in total. The van der Waals surface area contributed by atoms with Gasteiger partial charge in [0, 0.05) is 23.2 Å². The van der Waals surface area contributed by atoms with Crippen LogP contribution in [0.4, 0.5) is 11.8 Å². The lowest BCUT2D eigenvalue weighted by atomic mass is 10.3. The highest BCUT2D eigenvalue weighted by molar-refractivity contribution is 7.09. The van der Waals surface area contributed by atoms with Crippen LogP contribution in [0, 0.1) is 13.8 Å². The number of hydrogen-bond donors (Lipinski definition) is 2. The van der Waals surface area contributed by atoms with Gasteiger partial charge in [0.05, 0.1) is 17.7 Å². The molecule has 0 fully saturated rings. The Bertz CT molecular complexity index is 538. The van der Waals surface area contributed by atoms with Gasteiger partial charge in [-0.2, -0.15) is 4.98 Å². The third-order valence-electron chi connectivity index (χ3n) is 2.66. The lowest BCUT2D eigenvalue weighted by molar-refractivity contribution is 0.943. The van der Waals surface area contributed by atoms with E-state index in [1.807, 2.05) is 25.4 Å². The van der Waals surface area contributed by atoms with E-state index in [0.29, 0.717) is 5.95 Å². The number of nitrogens with one attached hydrogen (secondary N) is 2. The zero-order chi connectivity index (χ0) is 13.7. The van der Waals surface area contributed by atoms with E-state index in [9.17, 15) is 0 Å². The predicted molar refractivity (Wildman–Crippen MR) is 79.7 cm³/mol. The van der Waals surface area contributed by atoms with Crippen LogP contribution < -0.4 is 10.6 Å². The van der Waals surface area contributed by atoms with Crippen LogP contribution in [-0.4, -0.2) is 21.5 Å². The van der Waals surface area contributed by atoms with Crippen molar-refractivity contribution < 1.29 is 0 Å². The van der Waals surface area contributed by atoms with Crippen molar-refractivity contribution in [1.82, 2.24) is 15.0 Å². The molecule has 0 unspecified atom stereocenters. The van der Waals surface area contributed by atoms with Gasteiger partial charge in [0.15, 0.2) is 0 Å². The average Bonchev–Trinajstić information content (AvgIpc) is 2.79. The summed E-state index contributed by atoms with van der Waals surface area (Å²) in [5.41, 5.74) is 3.90. The first kappa shape index (κ1) is 13.7. The molecule has 0 saturated heterocycles. The zero-order valence-electron chi connectivity index (χ0n) is 11.5. The summed E-state index contributed by atoms with van der Waals surface area (Å²) in [4.78, 5) is 14.3. The molecule has 2 aromatic rings. The zero-order valence-corrected chi connectivity index (χ0v) is 12.3. The van der Waals surface area contributed by atoms with Gasteiger partial charge in [-0.1, -0.05) is 6.92 Å². The fourth-order valence-corrected chi connectivity index (χ4v) is 2.36. The first-order valence-electron chi connectivity index (χ1n) is 6.41. The van der Waals surface area contributed by atoms with Crippen LogP contribution >= 0.6 is 11.3 Å². The fraction of sp³-hybridized carbons (Fsp3) is 0.462. The van der Waals surface area contributed by atoms with E-state index in [1.54, 1.807) is 11.3 Å². The normalized spacial score (nSPS) is 10.5. The van der Waals surface area contributed by atoms with E-state index in [1.165, 1.54) is 4.88 Å². The summed E-state index contributed by atoms with van der Waals surface area (Å²) in [6, 6.07) is 1.95. The van der Waals surface area contributed by atoms with Gasteiger partial charge in [0.1, 0.15) is 5.82 Å². The van der Waals surface area contributed by atoms with Crippen LogP contribution in [0.2, 0.25) is 0 Å². The van der Waals surface area contributed by atoms with Crippen molar-refractivity contribution in [2.75, 3.05) is 17.2 Å². The summed E-state index contributed by atoms with van der Waals surface area (Å²) >= 11 is 1.66. The van der Waals surface area contributed by atoms with Crippen molar-refractivity contribution in [1.29, 1.82) is 0 Å². The summed E-state index contributed by atoms with van der Waals surface area (Å²) in [7, 11) is 0. The van der Waals surface area contributed by atoms with E-state index in [4.69, 9.17) is 0 Å². The van der Waals surface area contributed by atoms with Crippen molar-refractivity contribution in [2.24, 2.45) is 0 Å². The Kier molecular flexibility index (Phi) is 4.68. The third kappa shape index (κ3) is 3.89. The van der Waals surface area contributed by atoms with Crippen LogP contribution in [0.5, 0.6) is 0 Å². The minimum absolute atomic E-state index is 0.686. The summed E-state index contributed by atoms with van der Waals surface area (Å²) in [5, 5.41) is 6.53. The molecule has 2 rings (SSSR count). The molecular formula is C13H19N5S. The lowest BCUT2D eigenvalue weighted by Crippen LogP contribution is -2.08. The average molecular weight is 277 g/mol. The Morgan fingerprint density at radius 1 is 1.21 bits per heavy atom. The quantitative estimate of drug-likeness (QED) is 0.850. The summed E-state index contributed by atoms with van der Waals surface area (Å²) < 4.78 is 0. The molecular weight excluding hydrogens is 258 g/mol. The molecule has 0 radical (unpaired) electrons. The molecule has 0 bridgehead atoms. The van der Waals surface area contributed by atoms with Gasteiger partial charge in [-0.15, -0.1) is 11.3 Å². The van der Waals surface area contributed by atoms with Gasteiger partial charge >= 0.3 is 0 Å². The van der Waals surface area contributed by atoms with E-state index in [0.717, 1.165) is 36.7 Å². The Labute approximate surface area is 117 Å². The maximum Gasteiger partial charge on any atom is 0.224 e. The van der Waals surface area contributed by atoms with Crippen LogP contribution in [0.25, 0.3) is 0 Å². The number of nitrogens with zero attached hydrogens (tertiary/aromatic N) is 3. The Hall–Kier alpha value is -1.69. The number of anilines is 2. The van der Waals surface area contributed by atoms with Crippen LogP contribution in [0.3, 0.4) is 0 Å². The predicted octanol–water partition coefficient (Wildman–Crippen LogP) is 2.98. The molecule has 0 aliphatic carbocycles. The van der Waals surface area contributed by atoms with Gasteiger partial charge in [0.2, 0.25) is 5.95 Å². The first-order chi connectivity index (χ1) is 9.19. The number of hydrogen-bond acceptors (Lipinski definition) is 6. The van der Waals surface area contributed by atoms with E-state index in [-0.39, 0.29) is 0 Å². The second kappa shape index (κ2) is 6.47. The molecule has 0 spiro atoms. The molecule has 0 amide bonds. The summed E-state index contributed by atoms with van der Waals surface area (Å²) in [6.45, 7) is 7.75. The van der Waals surface area contributed by atoms with Crippen molar-refractivity contribution >= 4 is 23.1 Å². The monoisotopic (exact) mass is 277 g/mol. The minimum atomic E-state index is 0.686. The maximum absolute atomic E-state index is 4.45. The van der Waals surface area contributed by atoms with Crippen molar-refractivity contribution in [2.45, 2.75) is 33.7 Å². The van der Waals surface area contributed by atoms with Gasteiger partial charge in [-0.25, -0.2) is 9.97 Å². The number of aryl methyl sites for hydroxylation is 2. The third-order valence-corrected chi connectivity index (χ3v) is 3.60. The molecule has 0 aromatic carbocycles. The van der Waals surface area contributed by atoms with Crippen molar-refractivity contribution in [3.8, 4) is 0 Å². The highest BCUT2D eigenvalue weighted by Gasteiger charge is 2.04. The molecule has 5 nitrogen and oxygen atoms in total. The second-order valence-corrected chi connectivity index (χ2v) is 5.30. The van der Waals surface area contributed by atoms with Crippen molar-refractivity contribution in [3.63, 3.8) is 0 Å². The number of aromatic nitrogens is 3. The van der Waals surface area contributed by atoms with Gasteiger partial charge in [-0.05, 0) is 20.3 Å². The van der Waals surface area contributed by atoms with Crippen molar-refractivity contribution in [3.05, 3.63) is 27.8 Å². The largest absolute Gasteiger partial charge is 0.365 e.